The van der Waals surface area contributed by atoms with Crippen molar-refractivity contribution in [2.75, 3.05) is 7.11 Å². The Morgan fingerprint density at radius 3 is 2.27 bits per heavy atom. The molecule has 2 aromatic rings. The number of rotatable bonds is 7. The smallest absolute Gasteiger partial charge is 0.143 e. The quantitative estimate of drug-likeness (QED) is 0.155. The van der Waals surface area contributed by atoms with Gasteiger partial charge in [0.1, 0.15) is 11.5 Å². The summed E-state index contributed by atoms with van der Waals surface area (Å²) in [6, 6.07) is 13.1. The van der Waals surface area contributed by atoms with E-state index in [9.17, 15) is 4.79 Å². The fraction of sp³-hybridized carbons (Fsp3) is 0.286. The number of aliphatic hydroxyl groups is 1. The molecule has 0 aliphatic heterocycles. The molecular formula is C21H27NO5SY2-2. The first kappa shape index (κ1) is 32.4. The van der Waals surface area contributed by atoms with Gasteiger partial charge in [0.05, 0.1) is 16.9 Å². The minimum atomic E-state index is -0.249. The van der Waals surface area contributed by atoms with Gasteiger partial charge in [-0.3, -0.25) is 0 Å². The number of hydrogen-bond acceptors (Lipinski definition) is 7. The molecule has 9 heteroatoms. The number of hydrogen-bond donors (Lipinski definition) is 2. The first-order valence-corrected chi connectivity index (χ1v) is 9.35. The van der Waals surface area contributed by atoms with Gasteiger partial charge in [-0.05, 0) is 36.5 Å². The van der Waals surface area contributed by atoms with E-state index in [-0.39, 0.29) is 78.6 Å². The van der Waals surface area contributed by atoms with E-state index >= 15 is 0 Å². The van der Waals surface area contributed by atoms with Crippen molar-refractivity contribution in [2.24, 2.45) is 5.90 Å². The van der Waals surface area contributed by atoms with Gasteiger partial charge in [-0.15, -0.1) is 27.0 Å². The number of aliphatic hydroxyl groups excluding tert-OH is 1. The van der Waals surface area contributed by atoms with Crippen LogP contribution in [0, 0.1) is 14.4 Å². The minimum Gasteiger partial charge on any atom is -0.456 e. The summed E-state index contributed by atoms with van der Waals surface area (Å²) in [4.78, 5) is 16.7. The van der Waals surface area contributed by atoms with E-state index in [0.29, 0.717) is 27.9 Å². The zero-order chi connectivity index (χ0) is 19.6. The summed E-state index contributed by atoms with van der Waals surface area (Å²) < 4.78 is 11.0. The predicted molar refractivity (Wildman–Crippen MR) is 111 cm³/mol. The van der Waals surface area contributed by atoms with Crippen molar-refractivity contribution in [1.29, 1.82) is 0 Å². The van der Waals surface area contributed by atoms with E-state index in [0.717, 1.165) is 37.6 Å². The van der Waals surface area contributed by atoms with Crippen LogP contribution in [0.25, 0.3) is 0 Å². The van der Waals surface area contributed by atoms with E-state index in [1.807, 2.05) is 36.4 Å². The van der Waals surface area contributed by atoms with Crippen LogP contribution in [0.5, 0.6) is 11.5 Å². The summed E-state index contributed by atoms with van der Waals surface area (Å²) in [5.41, 5.74) is 1.52. The molecule has 0 bridgehead atoms. The molecule has 0 unspecified atom stereocenters. The summed E-state index contributed by atoms with van der Waals surface area (Å²) in [5.74, 6) is 6.45. The van der Waals surface area contributed by atoms with E-state index < -0.39 is 0 Å². The topological polar surface area (TPSA) is 91.0 Å². The zero-order valence-electron chi connectivity index (χ0n) is 17.4. The minimum absolute atomic E-state index is 0. The molecule has 2 aromatic carbocycles. The molecule has 0 atom stereocenters. The van der Waals surface area contributed by atoms with Crippen LogP contribution in [-0.4, -0.2) is 18.0 Å². The number of carbonyl (C=O) groups is 1. The standard InChI is InChI=1S/C19H20NO4S.CH4O.CH3.2Y/c1-13(21)15-11-17(14-7-5-6-8-14)19(18(12-15)25-24-23-20)22-16-9-3-2-4-10-16;1-2;;;/h2-4,9-12,14H,1,5-8,20H2;2H,1H3;1H3;;/q-1;;-1;;. The molecule has 30 heavy (non-hydrogen) atoms. The molecule has 3 rings (SSSR count). The third-order valence-electron chi connectivity index (χ3n) is 4.33. The zero-order valence-corrected chi connectivity index (χ0v) is 23.9. The Morgan fingerprint density at radius 1 is 1.13 bits per heavy atom. The van der Waals surface area contributed by atoms with Crippen molar-refractivity contribution in [1.82, 2.24) is 0 Å². The number of ketones is 1. The molecule has 0 aromatic heterocycles. The Labute approximate surface area is 233 Å². The number of benzene rings is 2. The second-order valence-electron chi connectivity index (χ2n) is 5.96. The molecule has 0 spiro atoms. The molecule has 0 saturated heterocycles. The summed E-state index contributed by atoms with van der Waals surface area (Å²) in [5, 5.41) is 7.00. The van der Waals surface area contributed by atoms with Crippen molar-refractivity contribution in [2.45, 2.75) is 36.5 Å². The van der Waals surface area contributed by atoms with Crippen LogP contribution in [0.15, 0.2) is 47.4 Å². The van der Waals surface area contributed by atoms with Gasteiger partial charge < -0.3 is 22.1 Å². The predicted octanol–water partition coefficient (Wildman–Crippen LogP) is 5.04. The fourth-order valence-electron chi connectivity index (χ4n) is 3.16. The van der Waals surface area contributed by atoms with Gasteiger partial charge in [0.2, 0.25) is 0 Å². The monoisotopic (exact) mass is 583 g/mol. The van der Waals surface area contributed by atoms with E-state index in [1.54, 1.807) is 6.07 Å². The molecular weight excluding hydrogens is 556 g/mol. The van der Waals surface area contributed by atoms with Crippen LogP contribution in [0.4, 0.5) is 0 Å². The van der Waals surface area contributed by atoms with Crippen LogP contribution in [-0.2, 0) is 74.7 Å². The van der Waals surface area contributed by atoms with Crippen LogP contribution < -0.4 is 10.6 Å². The molecule has 2 radical (unpaired) electrons. The maximum absolute atomic E-state index is 11.9. The van der Waals surface area contributed by atoms with Crippen molar-refractivity contribution in [3.63, 3.8) is 0 Å². The van der Waals surface area contributed by atoms with Crippen LogP contribution in [0.1, 0.15) is 47.5 Å². The second-order valence-corrected chi connectivity index (χ2v) is 6.70. The largest absolute Gasteiger partial charge is 0.456 e. The van der Waals surface area contributed by atoms with Crippen LogP contribution >= 0.6 is 12.0 Å². The molecule has 0 amide bonds. The molecule has 1 saturated carbocycles. The molecule has 3 N–H and O–H groups in total. The van der Waals surface area contributed by atoms with Gasteiger partial charge in [0.25, 0.3) is 0 Å². The first-order chi connectivity index (χ1) is 13.2. The SMILES string of the molecule is CO.[CH2-]C(=O)c1cc(SOON)c(Oc2ccccc2)c(C2CCCC2)c1.[CH3-].[Y].[Y]. The first-order valence-electron chi connectivity index (χ1n) is 8.61. The maximum Gasteiger partial charge on any atom is 0.143 e. The molecule has 160 valence electrons. The van der Waals surface area contributed by atoms with Gasteiger partial charge in [-0.2, -0.15) is 12.8 Å². The second kappa shape index (κ2) is 17.7. The summed E-state index contributed by atoms with van der Waals surface area (Å²) >= 11 is 0.919. The fourth-order valence-corrected chi connectivity index (χ4v) is 3.68. The average molecular weight is 583 g/mol. The maximum atomic E-state index is 11.9. The third-order valence-corrected chi connectivity index (χ3v) is 4.96. The van der Waals surface area contributed by atoms with Gasteiger partial charge in [-0.1, -0.05) is 31.0 Å². The van der Waals surface area contributed by atoms with E-state index in [1.165, 1.54) is 12.8 Å². The number of para-hydroxylation sites is 1. The molecule has 6 nitrogen and oxygen atoms in total. The summed E-state index contributed by atoms with van der Waals surface area (Å²) in [6.45, 7) is 3.53. The van der Waals surface area contributed by atoms with Gasteiger partial charge >= 0.3 is 0 Å². The van der Waals surface area contributed by atoms with Crippen LogP contribution in [0.2, 0.25) is 0 Å². The average Bonchev–Trinajstić information content (AvgIpc) is 3.24. The van der Waals surface area contributed by atoms with Crippen molar-refractivity contribution in [3.05, 3.63) is 67.9 Å². The van der Waals surface area contributed by atoms with E-state index in [2.05, 4.69) is 11.9 Å². The molecule has 1 fully saturated rings. The Hall–Kier alpha value is 0.178. The summed E-state index contributed by atoms with van der Waals surface area (Å²) in [6.07, 6.45) is 4.47. The van der Waals surface area contributed by atoms with Crippen molar-refractivity contribution < 1.29 is 89.4 Å². The molecule has 1 aliphatic rings. The van der Waals surface area contributed by atoms with Crippen molar-refractivity contribution >= 4 is 17.8 Å². The third kappa shape index (κ3) is 9.35. The number of nitrogens with two attached hydrogens (primary N) is 1. The number of ether oxygens (including phenoxy) is 1. The van der Waals surface area contributed by atoms with Gasteiger partial charge in [0.15, 0.2) is 0 Å². The normalized spacial score (nSPS) is 12.4. The Kier molecular flexibility index (Phi) is 19.1. The summed E-state index contributed by atoms with van der Waals surface area (Å²) in [7, 11) is 1.00. The Balaban J connectivity index is 0. The van der Waals surface area contributed by atoms with E-state index in [4.69, 9.17) is 20.1 Å². The Morgan fingerprint density at radius 2 is 1.73 bits per heavy atom. The van der Waals surface area contributed by atoms with Gasteiger partial charge in [0, 0.05) is 78.3 Å². The number of Topliss-reactive ketones (excluding diaryl/α,β-unsaturated/α-hetero) is 1. The van der Waals surface area contributed by atoms with Crippen molar-refractivity contribution in [3.8, 4) is 11.5 Å². The molecule has 1 aliphatic carbocycles. The molecule has 0 heterocycles. The van der Waals surface area contributed by atoms with Crippen LogP contribution in [0.3, 0.4) is 0 Å². The number of carbonyl (C=O) groups excluding carboxylic acids is 1. The Bertz CT molecular complexity index is 744. The van der Waals surface area contributed by atoms with Gasteiger partial charge in [-0.25, -0.2) is 0 Å².